The highest BCUT2D eigenvalue weighted by Crippen LogP contribution is 2.30. The minimum absolute atomic E-state index is 0.0106. The number of sulfonamides is 1. The number of nitrogens with two attached hydrogens (primary N) is 1. The summed E-state index contributed by atoms with van der Waals surface area (Å²) in [6.45, 7) is 2.23. The van der Waals surface area contributed by atoms with Crippen molar-refractivity contribution in [2.75, 3.05) is 0 Å². The van der Waals surface area contributed by atoms with E-state index in [1.54, 1.807) is 36.5 Å². The van der Waals surface area contributed by atoms with Crippen LogP contribution in [0.5, 0.6) is 5.75 Å². The molecule has 2 aromatic rings. The fraction of sp³-hybridized carbons (Fsp3) is 0.458. The fourth-order valence-electron chi connectivity index (χ4n) is 3.39. The summed E-state index contributed by atoms with van der Waals surface area (Å²) in [5.74, 6) is 0.156. The summed E-state index contributed by atoms with van der Waals surface area (Å²) >= 11 is 0. The molecule has 0 atom stereocenters. The van der Waals surface area contributed by atoms with Gasteiger partial charge in [0.2, 0.25) is 10.0 Å². The third-order valence-corrected chi connectivity index (χ3v) is 6.07. The molecule has 3 N–H and O–H groups in total. The third-order valence-electron chi connectivity index (χ3n) is 5.13. The summed E-state index contributed by atoms with van der Waals surface area (Å²) in [5.41, 5.74) is 1.86. The van der Waals surface area contributed by atoms with E-state index >= 15 is 0 Å². The first kappa shape index (κ1) is 24.1. The van der Waals surface area contributed by atoms with Crippen LogP contribution in [0.15, 0.2) is 52.4 Å². The molecule has 2 rings (SSSR count). The molecule has 0 amide bonds. The van der Waals surface area contributed by atoms with Crippen LogP contribution in [-0.2, 0) is 10.0 Å². The highest BCUT2D eigenvalue weighted by molar-refractivity contribution is 7.89. The Hall–Kier alpha value is -2.18. The molecule has 0 bridgehead atoms. The molecule has 164 valence electrons. The molecule has 0 aromatic heterocycles. The molecular weight excluding hydrogens is 396 g/mol. The Morgan fingerprint density at radius 1 is 0.867 bits per heavy atom. The molecule has 0 saturated heterocycles. The zero-order chi connectivity index (χ0) is 21.8. The molecule has 6 heteroatoms. The maximum atomic E-state index is 12.1. The smallest absolute Gasteiger partial charge is 0.240 e. The van der Waals surface area contributed by atoms with Crippen LogP contribution in [0.25, 0.3) is 11.1 Å². The molecule has 0 saturated carbocycles. The predicted octanol–water partition coefficient (Wildman–Crippen LogP) is 6.33. The van der Waals surface area contributed by atoms with Crippen LogP contribution in [0.3, 0.4) is 0 Å². The lowest BCUT2D eigenvalue weighted by molar-refractivity contribution is 0.475. The third kappa shape index (κ3) is 8.28. The summed E-state index contributed by atoms with van der Waals surface area (Å²) in [4.78, 5) is 4.38. The Balaban J connectivity index is 1.90. The first-order valence-corrected chi connectivity index (χ1v) is 12.4. The van der Waals surface area contributed by atoms with Crippen molar-refractivity contribution in [3.05, 3.63) is 42.5 Å². The molecule has 0 aliphatic carbocycles. The number of phenolic OH excluding ortho intramolecular Hbond substituents is 1. The Kier molecular flexibility index (Phi) is 10.0. The average molecular weight is 431 g/mol. The average Bonchev–Trinajstić information content (AvgIpc) is 2.72. The van der Waals surface area contributed by atoms with E-state index in [1.165, 1.54) is 57.4 Å². The number of unbranched alkanes of at least 4 members (excludes halogenated alkanes) is 9. The maximum Gasteiger partial charge on any atom is 0.240 e. The van der Waals surface area contributed by atoms with Crippen molar-refractivity contribution >= 4 is 21.9 Å². The van der Waals surface area contributed by atoms with Gasteiger partial charge in [0, 0.05) is 6.21 Å². The van der Waals surface area contributed by atoms with Crippen LogP contribution in [0.1, 0.15) is 71.1 Å². The van der Waals surface area contributed by atoms with Crippen molar-refractivity contribution < 1.29 is 13.5 Å². The van der Waals surface area contributed by atoms with E-state index in [2.05, 4.69) is 11.9 Å². The minimum atomic E-state index is -3.90. The largest absolute Gasteiger partial charge is 0.508 e. The zero-order valence-electron chi connectivity index (χ0n) is 17.9. The Morgan fingerprint density at radius 3 is 2.03 bits per heavy atom. The predicted molar refractivity (Wildman–Crippen MR) is 125 cm³/mol. The molecule has 2 aromatic carbocycles. The van der Waals surface area contributed by atoms with Gasteiger partial charge in [-0.3, -0.25) is 4.99 Å². The quantitative estimate of drug-likeness (QED) is 0.287. The van der Waals surface area contributed by atoms with Gasteiger partial charge in [0.1, 0.15) is 10.6 Å². The van der Waals surface area contributed by atoms with E-state index in [-0.39, 0.29) is 10.6 Å². The number of aliphatic imine (C=N–C) groups is 1. The lowest BCUT2D eigenvalue weighted by Crippen LogP contribution is -2.12. The number of phenols is 1. The van der Waals surface area contributed by atoms with E-state index in [0.717, 1.165) is 18.4 Å². The maximum absolute atomic E-state index is 12.1. The fourth-order valence-corrected chi connectivity index (χ4v) is 4.09. The van der Waals surface area contributed by atoms with E-state index in [4.69, 9.17) is 5.14 Å². The monoisotopic (exact) mass is 430 g/mol. The van der Waals surface area contributed by atoms with Gasteiger partial charge < -0.3 is 5.11 Å². The molecule has 0 heterocycles. The number of hydrogen-bond acceptors (Lipinski definition) is 4. The van der Waals surface area contributed by atoms with Crippen LogP contribution in [0.4, 0.5) is 5.69 Å². The van der Waals surface area contributed by atoms with Crippen LogP contribution in [0.2, 0.25) is 0 Å². The van der Waals surface area contributed by atoms with Crippen LogP contribution < -0.4 is 5.14 Å². The van der Waals surface area contributed by atoms with Crippen LogP contribution in [-0.4, -0.2) is 19.7 Å². The minimum Gasteiger partial charge on any atom is -0.508 e. The van der Waals surface area contributed by atoms with Crippen molar-refractivity contribution in [3.8, 4) is 16.9 Å². The van der Waals surface area contributed by atoms with Crippen molar-refractivity contribution in [1.29, 1.82) is 0 Å². The summed E-state index contributed by atoms with van der Waals surface area (Å²) in [5, 5.41) is 14.8. The second-order valence-corrected chi connectivity index (χ2v) is 9.23. The Labute approximate surface area is 181 Å². The van der Waals surface area contributed by atoms with Crippen LogP contribution >= 0.6 is 0 Å². The topological polar surface area (TPSA) is 92.8 Å². The van der Waals surface area contributed by atoms with Crippen molar-refractivity contribution in [2.45, 2.75) is 76.0 Å². The summed E-state index contributed by atoms with van der Waals surface area (Å²) in [6, 6.07) is 11.6. The first-order chi connectivity index (χ1) is 14.4. The molecule has 0 radical (unpaired) electrons. The first-order valence-electron chi connectivity index (χ1n) is 10.9. The lowest BCUT2D eigenvalue weighted by Gasteiger charge is -2.08. The molecular formula is C24H34N2O3S. The molecule has 0 aliphatic rings. The second kappa shape index (κ2) is 12.5. The highest BCUT2D eigenvalue weighted by atomic mass is 32.2. The molecule has 30 heavy (non-hydrogen) atoms. The van der Waals surface area contributed by atoms with Crippen LogP contribution in [0, 0.1) is 0 Å². The van der Waals surface area contributed by atoms with E-state index < -0.39 is 10.0 Å². The van der Waals surface area contributed by atoms with E-state index in [1.807, 2.05) is 6.07 Å². The molecule has 0 spiro atoms. The number of benzene rings is 2. The van der Waals surface area contributed by atoms with E-state index in [0.29, 0.717) is 11.3 Å². The van der Waals surface area contributed by atoms with Gasteiger partial charge in [-0.05, 0) is 48.2 Å². The number of primary sulfonamides is 1. The van der Waals surface area contributed by atoms with Gasteiger partial charge in [-0.1, -0.05) is 76.5 Å². The van der Waals surface area contributed by atoms with Gasteiger partial charge in [-0.2, -0.15) is 0 Å². The lowest BCUT2D eigenvalue weighted by atomic mass is 10.1. The van der Waals surface area contributed by atoms with E-state index in [9.17, 15) is 13.5 Å². The number of aromatic hydroxyl groups is 1. The van der Waals surface area contributed by atoms with Crippen molar-refractivity contribution in [1.82, 2.24) is 0 Å². The van der Waals surface area contributed by atoms with Crippen molar-refractivity contribution in [2.24, 2.45) is 10.1 Å². The Bertz CT molecular complexity index is 907. The summed E-state index contributed by atoms with van der Waals surface area (Å²) in [7, 11) is -3.90. The highest BCUT2D eigenvalue weighted by Gasteiger charge is 2.15. The molecule has 0 aliphatic heterocycles. The number of nitrogens with zero attached hydrogens (tertiary/aromatic N) is 1. The number of rotatable bonds is 13. The summed E-state index contributed by atoms with van der Waals surface area (Å²) < 4.78 is 24.1. The van der Waals surface area contributed by atoms with Gasteiger partial charge in [-0.15, -0.1) is 0 Å². The second-order valence-electron chi connectivity index (χ2n) is 7.70. The van der Waals surface area contributed by atoms with Gasteiger partial charge in [-0.25, -0.2) is 13.6 Å². The molecule has 0 unspecified atom stereocenters. The zero-order valence-corrected chi connectivity index (χ0v) is 18.7. The number of hydrogen-bond donors (Lipinski definition) is 2. The van der Waals surface area contributed by atoms with Crippen molar-refractivity contribution in [3.63, 3.8) is 0 Å². The molecule has 5 nitrogen and oxygen atoms in total. The van der Waals surface area contributed by atoms with Gasteiger partial charge in [0.15, 0.2) is 0 Å². The van der Waals surface area contributed by atoms with Gasteiger partial charge in [0.05, 0.1) is 5.69 Å². The summed E-state index contributed by atoms with van der Waals surface area (Å²) in [6.07, 6.45) is 14.0. The van der Waals surface area contributed by atoms with Gasteiger partial charge in [0.25, 0.3) is 0 Å². The Morgan fingerprint density at radius 2 is 1.43 bits per heavy atom. The SMILES string of the molecule is CCCCCCCCCCCC=Nc1ccc(-c2ccc(O)cc2)cc1S(N)(=O)=O. The molecule has 0 fully saturated rings. The normalized spacial score (nSPS) is 11.9. The standard InChI is InChI=1S/C24H34N2O3S/c1-2-3-4-5-6-7-8-9-10-11-18-26-23-17-14-21(19-24(23)30(25,28)29)20-12-15-22(27)16-13-20/h12-19,27H,2-11H2,1H3,(H2,25,28,29). The van der Waals surface area contributed by atoms with Gasteiger partial charge >= 0.3 is 0 Å².